The van der Waals surface area contributed by atoms with Crippen LogP contribution in [-0.4, -0.2) is 28.3 Å². The Kier molecular flexibility index (Phi) is 2.98. The fourth-order valence-electron chi connectivity index (χ4n) is 2.24. The van der Waals surface area contributed by atoms with Crippen molar-refractivity contribution in [3.05, 3.63) is 41.5 Å². The first-order valence-electron chi connectivity index (χ1n) is 6.19. The smallest absolute Gasteiger partial charge is 0.157 e. The van der Waals surface area contributed by atoms with E-state index in [4.69, 9.17) is 10.5 Å². The zero-order chi connectivity index (χ0) is 12.4. The maximum atomic E-state index is 5.74. The van der Waals surface area contributed by atoms with Gasteiger partial charge in [0.25, 0.3) is 0 Å². The highest BCUT2D eigenvalue weighted by molar-refractivity contribution is 5.36. The molecule has 1 aliphatic heterocycles. The van der Waals surface area contributed by atoms with Crippen molar-refractivity contribution in [2.75, 3.05) is 13.2 Å². The van der Waals surface area contributed by atoms with Crippen LogP contribution in [0.1, 0.15) is 23.1 Å². The highest BCUT2D eigenvalue weighted by atomic mass is 16.5. The van der Waals surface area contributed by atoms with Gasteiger partial charge in [-0.15, -0.1) is 0 Å². The molecule has 2 heterocycles. The van der Waals surface area contributed by atoms with E-state index in [9.17, 15) is 0 Å². The van der Waals surface area contributed by atoms with Gasteiger partial charge >= 0.3 is 0 Å². The number of ether oxygens (including phenoxy) is 1. The van der Waals surface area contributed by atoms with Gasteiger partial charge in [0.15, 0.2) is 5.82 Å². The summed E-state index contributed by atoms with van der Waals surface area (Å²) in [5.41, 5.74) is 6.72. The number of hydrogen-bond donors (Lipinski definition) is 2. The van der Waals surface area contributed by atoms with Crippen molar-refractivity contribution in [3.63, 3.8) is 0 Å². The van der Waals surface area contributed by atoms with Gasteiger partial charge in [0.2, 0.25) is 0 Å². The number of nitrogens with one attached hydrogen (secondary N) is 1. The van der Waals surface area contributed by atoms with Gasteiger partial charge in [-0.25, -0.2) is 4.98 Å². The maximum absolute atomic E-state index is 5.74. The molecule has 0 radical (unpaired) electrons. The van der Waals surface area contributed by atoms with Gasteiger partial charge in [-0.1, -0.05) is 18.2 Å². The molecule has 0 aliphatic carbocycles. The van der Waals surface area contributed by atoms with Gasteiger partial charge in [0.1, 0.15) is 11.6 Å². The second-order valence-electron chi connectivity index (χ2n) is 4.50. The van der Waals surface area contributed by atoms with E-state index in [1.54, 1.807) is 0 Å². The fraction of sp³-hybridized carbons (Fsp3) is 0.385. The average molecular weight is 244 g/mol. The minimum absolute atomic E-state index is 0.225. The van der Waals surface area contributed by atoms with Gasteiger partial charge in [-0.05, 0) is 24.6 Å². The lowest BCUT2D eigenvalue weighted by Gasteiger charge is -2.23. The Bertz CT molecular complexity index is 537. The largest absolute Gasteiger partial charge is 0.493 e. The number of aromatic nitrogens is 3. The van der Waals surface area contributed by atoms with Crippen LogP contribution < -0.4 is 10.5 Å². The van der Waals surface area contributed by atoms with Crippen LogP contribution in [0.4, 0.5) is 0 Å². The number of benzene rings is 1. The summed E-state index contributed by atoms with van der Waals surface area (Å²) < 4.78 is 5.74. The molecule has 94 valence electrons. The Morgan fingerprint density at radius 2 is 2.28 bits per heavy atom. The van der Waals surface area contributed by atoms with Crippen LogP contribution in [0.3, 0.4) is 0 Å². The summed E-state index contributed by atoms with van der Waals surface area (Å²) in [7, 11) is 0. The van der Waals surface area contributed by atoms with Crippen molar-refractivity contribution in [2.45, 2.75) is 18.8 Å². The Balaban J connectivity index is 1.78. The predicted octanol–water partition coefficient (Wildman–Crippen LogP) is 1.02. The van der Waals surface area contributed by atoms with Gasteiger partial charge in [0.05, 0.1) is 12.5 Å². The molecule has 5 nitrogen and oxygen atoms in total. The van der Waals surface area contributed by atoms with E-state index in [-0.39, 0.29) is 5.92 Å². The molecule has 2 aromatic rings. The summed E-state index contributed by atoms with van der Waals surface area (Å²) in [5.74, 6) is 2.88. The highest BCUT2D eigenvalue weighted by Crippen LogP contribution is 2.30. The van der Waals surface area contributed by atoms with Gasteiger partial charge < -0.3 is 10.5 Å². The molecule has 0 spiro atoms. The topological polar surface area (TPSA) is 76.8 Å². The molecule has 1 aliphatic rings. The van der Waals surface area contributed by atoms with E-state index >= 15 is 0 Å². The third kappa shape index (κ3) is 2.09. The molecule has 1 aromatic carbocycles. The average Bonchev–Trinajstić information content (AvgIpc) is 2.87. The first-order valence-corrected chi connectivity index (χ1v) is 6.19. The summed E-state index contributed by atoms with van der Waals surface area (Å²) in [6, 6.07) is 8.12. The molecule has 0 saturated carbocycles. The monoisotopic (exact) mass is 244 g/mol. The third-order valence-corrected chi connectivity index (χ3v) is 3.17. The number of H-pyrrole nitrogens is 1. The molecule has 0 bridgehead atoms. The molecule has 0 saturated heterocycles. The number of fused-ring (bicyclic) bond motifs is 1. The molecular formula is C13H16N4O. The lowest BCUT2D eigenvalue weighted by molar-refractivity contribution is 0.258. The third-order valence-electron chi connectivity index (χ3n) is 3.17. The molecular weight excluding hydrogens is 228 g/mol. The van der Waals surface area contributed by atoms with E-state index in [0.717, 1.165) is 30.2 Å². The second-order valence-corrected chi connectivity index (χ2v) is 4.50. The first kappa shape index (κ1) is 11.2. The second kappa shape index (κ2) is 4.78. The normalized spacial score (nSPS) is 18.2. The Morgan fingerprint density at radius 3 is 3.17 bits per heavy atom. The van der Waals surface area contributed by atoms with Crippen molar-refractivity contribution in [1.82, 2.24) is 15.2 Å². The van der Waals surface area contributed by atoms with Crippen LogP contribution in [0.5, 0.6) is 5.75 Å². The SMILES string of the molecule is NCCc1nc(C2COc3ccccc3C2)n[nH]1. The van der Waals surface area contributed by atoms with Crippen LogP contribution in [0.15, 0.2) is 24.3 Å². The first-order chi connectivity index (χ1) is 8.86. The van der Waals surface area contributed by atoms with Crippen molar-refractivity contribution in [2.24, 2.45) is 5.73 Å². The molecule has 3 N–H and O–H groups in total. The van der Waals surface area contributed by atoms with Crippen LogP contribution in [0.2, 0.25) is 0 Å². The molecule has 0 fully saturated rings. The van der Waals surface area contributed by atoms with Crippen LogP contribution in [0, 0.1) is 0 Å². The predicted molar refractivity (Wildman–Crippen MR) is 67.5 cm³/mol. The van der Waals surface area contributed by atoms with E-state index in [1.807, 2.05) is 18.2 Å². The summed E-state index contributed by atoms with van der Waals surface area (Å²) in [6.07, 6.45) is 1.66. The number of nitrogens with two attached hydrogens (primary N) is 1. The number of nitrogens with zero attached hydrogens (tertiary/aromatic N) is 2. The number of para-hydroxylation sites is 1. The lowest BCUT2D eigenvalue weighted by Crippen LogP contribution is -2.20. The van der Waals surface area contributed by atoms with Crippen molar-refractivity contribution >= 4 is 0 Å². The van der Waals surface area contributed by atoms with Gasteiger partial charge in [-0.3, -0.25) is 5.10 Å². The van der Waals surface area contributed by atoms with Crippen LogP contribution >= 0.6 is 0 Å². The molecule has 0 amide bonds. The van der Waals surface area contributed by atoms with Gasteiger partial charge in [-0.2, -0.15) is 5.10 Å². The zero-order valence-corrected chi connectivity index (χ0v) is 10.1. The quantitative estimate of drug-likeness (QED) is 0.845. The molecule has 1 atom stereocenters. The number of aromatic amines is 1. The molecule has 3 rings (SSSR count). The van der Waals surface area contributed by atoms with E-state index in [1.165, 1.54) is 5.56 Å². The Morgan fingerprint density at radius 1 is 1.39 bits per heavy atom. The molecule has 18 heavy (non-hydrogen) atoms. The number of hydrogen-bond acceptors (Lipinski definition) is 4. The number of rotatable bonds is 3. The zero-order valence-electron chi connectivity index (χ0n) is 10.1. The van der Waals surface area contributed by atoms with E-state index in [0.29, 0.717) is 13.2 Å². The summed E-state index contributed by atoms with van der Waals surface area (Å²) in [5, 5.41) is 7.19. The maximum Gasteiger partial charge on any atom is 0.157 e. The summed E-state index contributed by atoms with van der Waals surface area (Å²) >= 11 is 0. The van der Waals surface area contributed by atoms with Gasteiger partial charge in [0, 0.05) is 6.42 Å². The Hall–Kier alpha value is -1.88. The molecule has 5 heteroatoms. The summed E-state index contributed by atoms with van der Waals surface area (Å²) in [4.78, 5) is 4.47. The highest BCUT2D eigenvalue weighted by Gasteiger charge is 2.24. The fourth-order valence-corrected chi connectivity index (χ4v) is 2.24. The lowest BCUT2D eigenvalue weighted by atomic mass is 9.96. The summed E-state index contributed by atoms with van der Waals surface area (Å²) in [6.45, 7) is 1.22. The van der Waals surface area contributed by atoms with Crippen molar-refractivity contribution in [1.29, 1.82) is 0 Å². The standard InChI is InChI=1S/C13H16N4O/c14-6-5-12-15-13(17-16-12)10-7-9-3-1-2-4-11(9)18-8-10/h1-4,10H,5-8,14H2,(H,15,16,17). The minimum Gasteiger partial charge on any atom is -0.493 e. The molecule has 1 aromatic heterocycles. The van der Waals surface area contributed by atoms with Crippen LogP contribution in [0.25, 0.3) is 0 Å². The molecule has 1 unspecified atom stereocenters. The van der Waals surface area contributed by atoms with E-state index < -0.39 is 0 Å². The van der Waals surface area contributed by atoms with Crippen molar-refractivity contribution < 1.29 is 4.74 Å². The van der Waals surface area contributed by atoms with Crippen molar-refractivity contribution in [3.8, 4) is 5.75 Å². The van der Waals surface area contributed by atoms with E-state index in [2.05, 4.69) is 21.2 Å². The van der Waals surface area contributed by atoms with Crippen LogP contribution in [-0.2, 0) is 12.8 Å². The minimum atomic E-state index is 0.225. The Labute approximate surface area is 105 Å².